The minimum atomic E-state index is -0.834. The Hall–Kier alpha value is -1.21. The molecule has 100 valence electrons. The van der Waals surface area contributed by atoms with E-state index in [0.717, 1.165) is 4.90 Å². The van der Waals surface area contributed by atoms with Gasteiger partial charge in [-0.25, -0.2) is 0 Å². The van der Waals surface area contributed by atoms with Gasteiger partial charge < -0.3 is 4.74 Å². The molecule has 0 saturated carbocycles. The van der Waals surface area contributed by atoms with Gasteiger partial charge in [0, 0.05) is 0 Å². The van der Waals surface area contributed by atoms with Crippen LogP contribution in [0.5, 0.6) is 0 Å². The fourth-order valence-electron chi connectivity index (χ4n) is 1.79. The Bertz CT molecular complexity index is 525. The summed E-state index contributed by atoms with van der Waals surface area (Å²) in [4.78, 5) is 35.1. The standard InChI is InChI=1S/C12H9Br2NO4/c1-19-12(18)8(13)9(14)15-10(16)6-4-2-3-5-7(6)11(15)17/h2-5,8-9H,1H3. The van der Waals surface area contributed by atoms with E-state index in [9.17, 15) is 14.4 Å². The molecule has 1 heterocycles. The lowest BCUT2D eigenvalue weighted by atomic mass is 10.1. The van der Waals surface area contributed by atoms with Crippen molar-refractivity contribution in [1.29, 1.82) is 0 Å². The SMILES string of the molecule is COC(=O)C(Br)C(Br)N1C(=O)c2ccccc2C1=O. The maximum absolute atomic E-state index is 12.2. The first-order chi connectivity index (χ1) is 8.99. The van der Waals surface area contributed by atoms with Gasteiger partial charge in [0.05, 0.1) is 18.2 Å². The second-order valence-electron chi connectivity index (χ2n) is 3.82. The lowest BCUT2D eigenvalue weighted by Crippen LogP contribution is -2.44. The van der Waals surface area contributed by atoms with Gasteiger partial charge in [0.15, 0.2) is 0 Å². The highest BCUT2D eigenvalue weighted by molar-refractivity contribution is 9.12. The number of hydrogen-bond acceptors (Lipinski definition) is 4. The van der Waals surface area contributed by atoms with Gasteiger partial charge >= 0.3 is 5.97 Å². The maximum Gasteiger partial charge on any atom is 0.322 e. The largest absolute Gasteiger partial charge is 0.468 e. The number of fused-ring (bicyclic) bond motifs is 1. The molecule has 0 saturated heterocycles. The third-order valence-corrected chi connectivity index (χ3v) is 5.26. The number of carbonyl (C=O) groups excluding carboxylic acids is 3. The van der Waals surface area contributed by atoms with E-state index >= 15 is 0 Å². The number of amides is 2. The molecule has 0 N–H and O–H groups in total. The molecule has 19 heavy (non-hydrogen) atoms. The molecule has 2 unspecified atom stereocenters. The van der Waals surface area contributed by atoms with E-state index in [2.05, 4.69) is 36.6 Å². The lowest BCUT2D eigenvalue weighted by Gasteiger charge is -2.23. The maximum atomic E-state index is 12.2. The molecule has 0 aromatic heterocycles. The van der Waals surface area contributed by atoms with Gasteiger partial charge in [-0.3, -0.25) is 19.3 Å². The first-order valence-electron chi connectivity index (χ1n) is 5.32. The van der Waals surface area contributed by atoms with Crippen LogP contribution in [0.1, 0.15) is 20.7 Å². The van der Waals surface area contributed by atoms with Gasteiger partial charge in [-0.05, 0) is 12.1 Å². The zero-order valence-electron chi connectivity index (χ0n) is 9.80. The minimum Gasteiger partial charge on any atom is -0.468 e. The zero-order valence-corrected chi connectivity index (χ0v) is 13.0. The molecule has 0 fully saturated rings. The van der Waals surface area contributed by atoms with E-state index in [-0.39, 0.29) is 0 Å². The summed E-state index contributed by atoms with van der Waals surface area (Å²) in [5.41, 5.74) is 0.669. The van der Waals surface area contributed by atoms with Crippen LogP contribution in [-0.4, -0.2) is 39.6 Å². The molecular weight excluding hydrogens is 382 g/mol. The molecule has 2 rings (SSSR count). The van der Waals surface area contributed by atoms with Crippen molar-refractivity contribution in [2.45, 2.75) is 9.78 Å². The van der Waals surface area contributed by atoms with Crippen LogP contribution < -0.4 is 0 Å². The molecule has 0 aliphatic carbocycles. The molecule has 1 aliphatic heterocycles. The predicted octanol–water partition coefficient (Wildman–Crippen LogP) is 1.94. The number of hydrogen-bond donors (Lipinski definition) is 0. The second kappa shape index (κ2) is 5.42. The van der Waals surface area contributed by atoms with E-state index in [4.69, 9.17) is 0 Å². The summed E-state index contributed by atoms with van der Waals surface area (Å²) in [6.45, 7) is 0. The summed E-state index contributed by atoms with van der Waals surface area (Å²) in [6, 6.07) is 6.53. The van der Waals surface area contributed by atoms with Crippen LogP contribution in [0.4, 0.5) is 0 Å². The smallest absolute Gasteiger partial charge is 0.322 e. The van der Waals surface area contributed by atoms with Crippen molar-refractivity contribution in [1.82, 2.24) is 4.90 Å². The fraction of sp³-hybridized carbons (Fsp3) is 0.250. The normalized spacial score (nSPS) is 17.1. The highest BCUT2D eigenvalue weighted by atomic mass is 79.9. The van der Waals surface area contributed by atoms with E-state index in [1.165, 1.54) is 7.11 Å². The minimum absolute atomic E-state index is 0.335. The number of halogens is 2. The predicted molar refractivity (Wildman–Crippen MR) is 74.4 cm³/mol. The molecule has 2 atom stereocenters. The molecule has 5 nitrogen and oxygen atoms in total. The van der Waals surface area contributed by atoms with Gasteiger partial charge in [0.25, 0.3) is 11.8 Å². The number of rotatable bonds is 3. The van der Waals surface area contributed by atoms with Crippen LogP contribution in [0.15, 0.2) is 24.3 Å². The van der Waals surface area contributed by atoms with Crippen molar-refractivity contribution >= 4 is 49.6 Å². The molecular formula is C12H9Br2NO4. The number of nitrogens with zero attached hydrogens (tertiary/aromatic N) is 1. The molecule has 0 bridgehead atoms. The Morgan fingerprint density at radius 3 is 2.05 bits per heavy atom. The van der Waals surface area contributed by atoms with Gasteiger partial charge in [-0.1, -0.05) is 44.0 Å². The third-order valence-electron chi connectivity index (χ3n) is 2.74. The summed E-state index contributed by atoms with van der Waals surface area (Å²) in [6.07, 6.45) is 0. The van der Waals surface area contributed by atoms with Gasteiger partial charge in [0.2, 0.25) is 0 Å². The first-order valence-corrected chi connectivity index (χ1v) is 7.15. The van der Waals surface area contributed by atoms with Crippen molar-refractivity contribution in [2.75, 3.05) is 7.11 Å². The Kier molecular flexibility index (Phi) is 4.05. The molecule has 0 radical (unpaired) electrons. The van der Waals surface area contributed by atoms with Crippen molar-refractivity contribution in [2.24, 2.45) is 0 Å². The highest BCUT2D eigenvalue weighted by Gasteiger charge is 2.43. The number of alkyl halides is 2. The zero-order chi connectivity index (χ0) is 14.2. The Morgan fingerprint density at radius 2 is 1.63 bits per heavy atom. The van der Waals surface area contributed by atoms with Crippen LogP contribution >= 0.6 is 31.9 Å². The Balaban J connectivity index is 2.32. The highest BCUT2D eigenvalue weighted by Crippen LogP contribution is 2.30. The van der Waals surface area contributed by atoms with Crippen LogP contribution in [0, 0.1) is 0 Å². The van der Waals surface area contributed by atoms with Crippen LogP contribution in [0.25, 0.3) is 0 Å². The summed E-state index contributed by atoms with van der Waals surface area (Å²) in [5.74, 6) is -1.44. The number of imide groups is 1. The van der Waals surface area contributed by atoms with Crippen molar-refractivity contribution in [3.05, 3.63) is 35.4 Å². The summed E-state index contributed by atoms with van der Waals surface area (Å²) < 4.78 is 4.58. The number of ether oxygens (including phenoxy) is 1. The lowest BCUT2D eigenvalue weighted by molar-refractivity contribution is -0.140. The molecule has 7 heteroatoms. The van der Waals surface area contributed by atoms with E-state index < -0.39 is 27.6 Å². The first kappa shape index (κ1) is 14.2. The molecule has 2 amide bonds. The van der Waals surface area contributed by atoms with Gasteiger partial charge in [0.1, 0.15) is 9.78 Å². The van der Waals surface area contributed by atoms with E-state index in [0.29, 0.717) is 11.1 Å². The van der Waals surface area contributed by atoms with Crippen molar-refractivity contribution in [3.63, 3.8) is 0 Å². The molecule has 1 aromatic carbocycles. The van der Waals surface area contributed by atoms with Crippen LogP contribution in [-0.2, 0) is 9.53 Å². The average molecular weight is 391 g/mol. The number of benzene rings is 1. The van der Waals surface area contributed by atoms with Gasteiger partial charge in [-0.15, -0.1) is 0 Å². The Morgan fingerprint density at radius 1 is 1.16 bits per heavy atom. The van der Waals surface area contributed by atoms with E-state index in [1.807, 2.05) is 0 Å². The van der Waals surface area contributed by atoms with Crippen molar-refractivity contribution in [3.8, 4) is 0 Å². The number of carbonyl (C=O) groups is 3. The third kappa shape index (κ3) is 2.32. The monoisotopic (exact) mass is 389 g/mol. The molecule has 1 aliphatic rings. The van der Waals surface area contributed by atoms with E-state index in [1.54, 1.807) is 24.3 Å². The topological polar surface area (TPSA) is 63.7 Å². The van der Waals surface area contributed by atoms with Crippen LogP contribution in [0.3, 0.4) is 0 Å². The number of esters is 1. The van der Waals surface area contributed by atoms with Crippen LogP contribution in [0.2, 0.25) is 0 Å². The average Bonchev–Trinajstić information content (AvgIpc) is 2.69. The van der Waals surface area contributed by atoms with Crippen molar-refractivity contribution < 1.29 is 19.1 Å². The fourth-order valence-corrected chi connectivity index (χ4v) is 2.80. The summed E-state index contributed by atoms with van der Waals surface area (Å²) in [5, 5.41) is 0. The quantitative estimate of drug-likeness (QED) is 0.342. The Labute approximate surface area is 126 Å². The molecule has 0 spiro atoms. The second-order valence-corrected chi connectivity index (χ2v) is 5.75. The van der Waals surface area contributed by atoms with Gasteiger partial charge in [-0.2, -0.15) is 0 Å². The molecule has 1 aromatic rings. The summed E-state index contributed by atoms with van der Waals surface area (Å²) in [7, 11) is 1.23. The number of methoxy groups -OCH3 is 1. The summed E-state index contributed by atoms with van der Waals surface area (Å²) >= 11 is 6.30.